The van der Waals surface area contributed by atoms with E-state index < -0.39 is 27.6 Å². The van der Waals surface area contributed by atoms with E-state index in [0.717, 1.165) is 11.6 Å². The quantitative estimate of drug-likeness (QED) is 0.502. The molecule has 0 saturated heterocycles. The maximum absolute atomic E-state index is 12.9. The second kappa shape index (κ2) is 7.01. The van der Waals surface area contributed by atoms with Crippen LogP contribution in [0.3, 0.4) is 0 Å². The van der Waals surface area contributed by atoms with Gasteiger partial charge in [0.2, 0.25) is 10.0 Å². The fraction of sp³-hybridized carbons (Fsp3) is 0.389. The number of esters is 1. The summed E-state index contributed by atoms with van der Waals surface area (Å²) >= 11 is 0. The third-order valence-electron chi connectivity index (χ3n) is 3.57. The molecule has 7 heteroatoms. The number of sulfonamides is 1. The number of nitrogens with two attached hydrogens (primary N) is 1. The molecule has 0 bridgehead atoms. The average Bonchev–Trinajstić information content (AvgIpc) is 2.95. The molecular weight excluding hydrogens is 340 g/mol. The highest BCUT2D eigenvalue weighted by atomic mass is 32.2. The molecule has 136 valence electrons. The lowest BCUT2D eigenvalue weighted by Gasteiger charge is -2.25. The van der Waals surface area contributed by atoms with E-state index in [1.807, 2.05) is 6.92 Å². The molecule has 0 aliphatic carbocycles. The van der Waals surface area contributed by atoms with Crippen molar-refractivity contribution in [2.24, 2.45) is 5.73 Å². The smallest absolute Gasteiger partial charge is 0.333 e. The summed E-state index contributed by atoms with van der Waals surface area (Å²) in [7, 11) is -3.72. The summed E-state index contributed by atoms with van der Waals surface area (Å²) in [6, 6.07) is 5.90. The summed E-state index contributed by atoms with van der Waals surface area (Å²) in [5.74, 6) is -0.599. The summed E-state index contributed by atoms with van der Waals surface area (Å²) in [6.07, 6.45) is 4.53. The minimum atomic E-state index is -3.72. The van der Waals surface area contributed by atoms with E-state index in [4.69, 9.17) is 10.5 Å². The van der Waals surface area contributed by atoms with Crippen LogP contribution >= 0.6 is 0 Å². The zero-order chi connectivity index (χ0) is 18.8. The molecule has 1 aromatic carbocycles. The Morgan fingerprint density at radius 3 is 2.44 bits per heavy atom. The summed E-state index contributed by atoms with van der Waals surface area (Å²) in [5.41, 5.74) is 6.44. The second-order valence-electron chi connectivity index (χ2n) is 6.94. The van der Waals surface area contributed by atoms with Gasteiger partial charge in [-0.05, 0) is 39.8 Å². The lowest BCUT2D eigenvalue weighted by atomic mass is 10.2. The number of rotatable bonds is 4. The largest absolute Gasteiger partial charge is 0.457 e. The molecule has 0 radical (unpaired) electrons. The van der Waals surface area contributed by atoms with E-state index in [2.05, 4.69) is 0 Å². The van der Waals surface area contributed by atoms with E-state index >= 15 is 0 Å². The average molecular weight is 364 g/mol. The molecule has 2 N–H and O–H groups in total. The van der Waals surface area contributed by atoms with Crippen LogP contribution in [0.1, 0.15) is 26.3 Å². The van der Waals surface area contributed by atoms with Crippen LogP contribution in [0.15, 0.2) is 53.1 Å². The van der Waals surface area contributed by atoms with Gasteiger partial charge in [0.25, 0.3) is 0 Å². The van der Waals surface area contributed by atoms with Crippen molar-refractivity contribution in [2.75, 3.05) is 6.54 Å². The molecule has 25 heavy (non-hydrogen) atoms. The number of nitrogens with zero attached hydrogens (tertiary/aromatic N) is 1. The molecule has 0 amide bonds. The Balaban J connectivity index is 2.25. The first-order valence-electron chi connectivity index (χ1n) is 7.96. The van der Waals surface area contributed by atoms with Gasteiger partial charge in [0, 0.05) is 18.3 Å². The standard InChI is InChI=1S/C18H24N2O4S/c1-13-7-9-14(10-8-13)25(22,23)20-11-5-6-16(20)15(19)12-17(21)24-18(2,3)4/h5-10,12,16H,11,19H2,1-4H3/b15-12-. The molecule has 1 atom stereocenters. The highest BCUT2D eigenvalue weighted by Gasteiger charge is 2.34. The molecular formula is C18H24N2O4S. The predicted molar refractivity (Wildman–Crippen MR) is 96.1 cm³/mol. The van der Waals surface area contributed by atoms with E-state index in [0.29, 0.717) is 0 Å². The van der Waals surface area contributed by atoms with Crippen molar-refractivity contribution < 1.29 is 17.9 Å². The first-order chi connectivity index (χ1) is 11.5. The number of benzene rings is 1. The summed E-state index contributed by atoms with van der Waals surface area (Å²) in [5, 5.41) is 0. The third kappa shape index (κ3) is 4.70. The first kappa shape index (κ1) is 19.2. The van der Waals surface area contributed by atoms with E-state index in [1.54, 1.807) is 57.2 Å². The molecule has 1 aromatic rings. The van der Waals surface area contributed by atoms with Crippen LogP contribution < -0.4 is 5.73 Å². The third-order valence-corrected chi connectivity index (χ3v) is 5.44. The van der Waals surface area contributed by atoms with E-state index in [1.165, 1.54) is 4.31 Å². The number of carbonyl (C=O) groups excluding carboxylic acids is 1. The van der Waals surface area contributed by atoms with Crippen molar-refractivity contribution in [3.63, 3.8) is 0 Å². The van der Waals surface area contributed by atoms with Crippen molar-refractivity contribution in [2.45, 2.75) is 44.2 Å². The van der Waals surface area contributed by atoms with Gasteiger partial charge in [0.05, 0.1) is 10.9 Å². The first-order valence-corrected chi connectivity index (χ1v) is 9.40. The normalized spacial score (nSPS) is 19.2. The molecule has 0 aromatic heterocycles. The van der Waals surface area contributed by atoms with Crippen molar-refractivity contribution >= 4 is 16.0 Å². The van der Waals surface area contributed by atoms with Gasteiger partial charge in [0.1, 0.15) is 5.60 Å². The van der Waals surface area contributed by atoms with Crippen molar-refractivity contribution in [1.29, 1.82) is 0 Å². The van der Waals surface area contributed by atoms with E-state index in [9.17, 15) is 13.2 Å². The predicted octanol–water partition coefficient (Wildman–Crippen LogP) is 2.11. The number of aryl methyl sites for hydroxylation is 1. The monoisotopic (exact) mass is 364 g/mol. The van der Waals surface area contributed by atoms with Crippen LogP contribution in [-0.4, -0.2) is 36.9 Å². The summed E-state index contributed by atoms with van der Waals surface area (Å²) < 4.78 is 32.2. The van der Waals surface area contributed by atoms with Crippen LogP contribution in [0.25, 0.3) is 0 Å². The number of ether oxygens (including phenoxy) is 1. The number of carbonyl (C=O) groups is 1. The van der Waals surface area contributed by atoms with Crippen LogP contribution in [0, 0.1) is 6.92 Å². The Morgan fingerprint density at radius 2 is 1.88 bits per heavy atom. The molecule has 1 aliphatic rings. The molecule has 1 aliphatic heterocycles. The molecule has 1 heterocycles. The van der Waals surface area contributed by atoms with Gasteiger partial charge in [-0.25, -0.2) is 13.2 Å². The molecule has 6 nitrogen and oxygen atoms in total. The SMILES string of the molecule is Cc1ccc(S(=O)(=O)N2CC=CC2/C(N)=C/C(=O)OC(C)(C)C)cc1. The summed E-state index contributed by atoms with van der Waals surface area (Å²) in [6.45, 7) is 7.33. The summed E-state index contributed by atoms with van der Waals surface area (Å²) in [4.78, 5) is 12.1. The zero-order valence-corrected chi connectivity index (χ0v) is 15.7. The van der Waals surface area contributed by atoms with Gasteiger partial charge in [-0.2, -0.15) is 4.31 Å². The lowest BCUT2D eigenvalue weighted by molar-refractivity contribution is -0.148. The Hall–Kier alpha value is -2.12. The maximum atomic E-state index is 12.9. The van der Waals surface area contributed by atoms with Crippen molar-refractivity contribution in [1.82, 2.24) is 4.31 Å². The van der Waals surface area contributed by atoms with E-state index in [-0.39, 0.29) is 17.1 Å². The molecule has 0 saturated carbocycles. The topological polar surface area (TPSA) is 89.7 Å². The van der Waals surface area contributed by atoms with Gasteiger partial charge in [0.15, 0.2) is 0 Å². The highest BCUT2D eigenvalue weighted by Crippen LogP contribution is 2.25. The van der Waals surface area contributed by atoms with Crippen LogP contribution in [0.5, 0.6) is 0 Å². The molecule has 2 rings (SSSR count). The molecule has 0 spiro atoms. The van der Waals surface area contributed by atoms with Crippen LogP contribution in [-0.2, 0) is 19.6 Å². The highest BCUT2D eigenvalue weighted by molar-refractivity contribution is 7.89. The Kier molecular flexibility index (Phi) is 5.39. The Labute approximate surface area is 149 Å². The van der Waals surface area contributed by atoms with Gasteiger partial charge in [-0.15, -0.1) is 0 Å². The molecule has 0 fully saturated rings. The van der Waals surface area contributed by atoms with Crippen LogP contribution in [0.2, 0.25) is 0 Å². The zero-order valence-electron chi connectivity index (χ0n) is 14.9. The van der Waals surface area contributed by atoms with Gasteiger partial charge >= 0.3 is 5.97 Å². The minimum absolute atomic E-state index is 0.124. The lowest BCUT2D eigenvalue weighted by Crippen LogP contribution is -2.39. The fourth-order valence-corrected chi connectivity index (χ4v) is 3.95. The molecule has 1 unspecified atom stereocenters. The number of hydrogen-bond acceptors (Lipinski definition) is 5. The van der Waals surface area contributed by atoms with Crippen LogP contribution in [0.4, 0.5) is 0 Å². The fourth-order valence-electron chi connectivity index (χ4n) is 2.43. The van der Waals surface area contributed by atoms with Gasteiger partial charge < -0.3 is 10.5 Å². The van der Waals surface area contributed by atoms with Crippen molar-refractivity contribution in [3.05, 3.63) is 53.8 Å². The van der Waals surface area contributed by atoms with Gasteiger partial charge in [-0.3, -0.25) is 0 Å². The minimum Gasteiger partial charge on any atom is -0.457 e. The van der Waals surface area contributed by atoms with Crippen molar-refractivity contribution in [3.8, 4) is 0 Å². The second-order valence-corrected chi connectivity index (χ2v) is 8.83. The Bertz CT molecular complexity index is 802. The Morgan fingerprint density at radius 1 is 1.28 bits per heavy atom. The maximum Gasteiger partial charge on any atom is 0.333 e. The van der Waals surface area contributed by atoms with Gasteiger partial charge in [-0.1, -0.05) is 29.8 Å². The number of hydrogen-bond donors (Lipinski definition) is 1.